The van der Waals surface area contributed by atoms with Crippen molar-refractivity contribution in [1.82, 2.24) is 5.32 Å². The lowest BCUT2D eigenvalue weighted by Crippen LogP contribution is -2.38. The summed E-state index contributed by atoms with van der Waals surface area (Å²) in [6, 6.07) is 8.09. The molecule has 1 amide bonds. The molecule has 1 aromatic carbocycles. The van der Waals surface area contributed by atoms with Crippen molar-refractivity contribution in [3.05, 3.63) is 29.8 Å². The van der Waals surface area contributed by atoms with Crippen molar-refractivity contribution in [2.75, 3.05) is 18.1 Å². The molecule has 0 spiro atoms. The standard InChI is InChI=1S/C15H21NO2S/c1-11(2)18-14-5-3-12(4-6-14)7-8-16-15(17)13-9-19-10-13/h3-6,11,13H,7-10H2,1-2H3,(H,16,17). The van der Waals surface area contributed by atoms with Gasteiger partial charge in [0.2, 0.25) is 5.91 Å². The minimum absolute atomic E-state index is 0.200. The van der Waals surface area contributed by atoms with Gasteiger partial charge in [-0.3, -0.25) is 4.79 Å². The van der Waals surface area contributed by atoms with Crippen LogP contribution < -0.4 is 10.1 Å². The number of rotatable bonds is 6. The third kappa shape index (κ3) is 4.46. The molecular weight excluding hydrogens is 258 g/mol. The van der Waals surface area contributed by atoms with Crippen LogP contribution in [-0.4, -0.2) is 30.1 Å². The maximum atomic E-state index is 11.6. The van der Waals surface area contributed by atoms with Crippen molar-refractivity contribution in [2.45, 2.75) is 26.4 Å². The third-order valence-electron chi connectivity index (χ3n) is 3.02. The normalized spacial score (nSPS) is 15.1. The third-order valence-corrected chi connectivity index (χ3v) is 4.29. The monoisotopic (exact) mass is 279 g/mol. The Balaban J connectivity index is 1.72. The van der Waals surface area contributed by atoms with Crippen molar-refractivity contribution >= 4 is 17.7 Å². The van der Waals surface area contributed by atoms with Crippen LogP contribution in [0, 0.1) is 5.92 Å². The van der Waals surface area contributed by atoms with Crippen molar-refractivity contribution < 1.29 is 9.53 Å². The van der Waals surface area contributed by atoms with Crippen LogP contribution >= 0.6 is 11.8 Å². The largest absolute Gasteiger partial charge is 0.491 e. The van der Waals surface area contributed by atoms with Gasteiger partial charge in [-0.1, -0.05) is 12.1 Å². The Morgan fingerprint density at radius 1 is 1.37 bits per heavy atom. The summed E-state index contributed by atoms with van der Waals surface area (Å²) in [6.45, 7) is 4.74. The summed E-state index contributed by atoms with van der Waals surface area (Å²) in [5, 5.41) is 3.00. The molecule has 1 heterocycles. The molecule has 4 heteroatoms. The summed E-state index contributed by atoms with van der Waals surface area (Å²) in [6.07, 6.45) is 1.07. The lowest BCUT2D eigenvalue weighted by molar-refractivity contribution is -0.123. The highest BCUT2D eigenvalue weighted by molar-refractivity contribution is 8.00. The topological polar surface area (TPSA) is 38.3 Å². The second kappa shape index (κ2) is 6.85. The first-order valence-corrected chi connectivity index (χ1v) is 7.91. The van der Waals surface area contributed by atoms with Gasteiger partial charge in [-0.15, -0.1) is 0 Å². The zero-order valence-electron chi connectivity index (χ0n) is 11.5. The summed E-state index contributed by atoms with van der Waals surface area (Å²) in [5.41, 5.74) is 1.22. The maximum Gasteiger partial charge on any atom is 0.224 e. The minimum atomic E-state index is 0.200. The highest BCUT2D eigenvalue weighted by Gasteiger charge is 2.25. The summed E-state index contributed by atoms with van der Waals surface area (Å²) >= 11 is 1.83. The SMILES string of the molecule is CC(C)Oc1ccc(CCNC(=O)C2CSC2)cc1. The number of thioether (sulfide) groups is 1. The molecule has 104 valence electrons. The van der Waals surface area contributed by atoms with Crippen molar-refractivity contribution in [1.29, 1.82) is 0 Å². The molecule has 2 rings (SSSR count). The van der Waals surface area contributed by atoms with Crippen LogP contribution in [0.1, 0.15) is 19.4 Å². The summed E-state index contributed by atoms with van der Waals surface area (Å²) in [7, 11) is 0. The first-order valence-electron chi connectivity index (χ1n) is 6.76. The molecule has 0 radical (unpaired) electrons. The fourth-order valence-electron chi connectivity index (χ4n) is 1.87. The van der Waals surface area contributed by atoms with E-state index in [9.17, 15) is 4.79 Å². The molecule has 1 N–H and O–H groups in total. The van der Waals surface area contributed by atoms with Gasteiger partial charge >= 0.3 is 0 Å². The zero-order chi connectivity index (χ0) is 13.7. The minimum Gasteiger partial charge on any atom is -0.491 e. The molecule has 1 aromatic rings. The molecule has 0 aromatic heterocycles. The first kappa shape index (κ1) is 14.3. The fourth-order valence-corrected chi connectivity index (χ4v) is 2.64. The Kier molecular flexibility index (Phi) is 5.14. The number of hydrogen-bond donors (Lipinski definition) is 1. The average molecular weight is 279 g/mol. The van der Waals surface area contributed by atoms with Crippen LogP contribution in [-0.2, 0) is 11.2 Å². The molecule has 1 saturated heterocycles. The highest BCUT2D eigenvalue weighted by atomic mass is 32.2. The Morgan fingerprint density at radius 2 is 2.05 bits per heavy atom. The van der Waals surface area contributed by atoms with Gasteiger partial charge in [-0.25, -0.2) is 0 Å². The lowest BCUT2D eigenvalue weighted by Gasteiger charge is -2.23. The van der Waals surface area contributed by atoms with Gasteiger partial charge in [-0.05, 0) is 38.0 Å². The van der Waals surface area contributed by atoms with E-state index < -0.39 is 0 Å². The fraction of sp³-hybridized carbons (Fsp3) is 0.533. The molecule has 1 fully saturated rings. The molecule has 1 aliphatic rings. The number of nitrogens with one attached hydrogen (secondary N) is 1. The van der Waals surface area contributed by atoms with Crippen LogP contribution in [0.3, 0.4) is 0 Å². The van der Waals surface area contributed by atoms with Gasteiger partial charge in [0, 0.05) is 18.1 Å². The van der Waals surface area contributed by atoms with Crippen LogP contribution in [0.15, 0.2) is 24.3 Å². The molecular formula is C15H21NO2S. The first-order chi connectivity index (χ1) is 9.15. The lowest BCUT2D eigenvalue weighted by atomic mass is 10.1. The van der Waals surface area contributed by atoms with Crippen molar-refractivity contribution in [2.24, 2.45) is 5.92 Å². The van der Waals surface area contributed by atoms with Gasteiger partial charge < -0.3 is 10.1 Å². The summed E-state index contributed by atoms with van der Waals surface area (Å²) in [5.74, 6) is 3.31. The summed E-state index contributed by atoms with van der Waals surface area (Å²) in [4.78, 5) is 11.6. The van der Waals surface area contributed by atoms with Gasteiger partial charge in [0.05, 0.1) is 12.0 Å². The molecule has 0 aliphatic carbocycles. The van der Waals surface area contributed by atoms with E-state index in [1.165, 1.54) is 5.56 Å². The van der Waals surface area contributed by atoms with Crippen LogP contribution in [0.2, 0.25) is 0 Å². The quantitative estimate of drug-likeness (QED) is 0.869. The van der Waals surface area contributed by atoms with Crippen molar-refractivity contribution in [3.63, 3.8) is 0 Å². The van der Waals surface area contributed by atoms with Crippen LogP contribution in [0.4, 0.5) is 0 Å². The maximum absolute atomic E-state index is 11.6. The predicted molar refractivity (Wildman–Crippen MR) is 79.7 cm³/mol. The van der Waals surface area contributed by atoms with Crippen molar-refractivity contribution in [3.8, 4) is 5.75 Å². The highest BCUT2D eigenvalue weighted by Crippen LogP contribution is 2.24. The number of amides is 1. The number of hydrogen-bond acceptors (Lipinski definition) is 3. The number of carbonyl (C=O) groups is 1. The van der Waals surface area contributed by atoms with Crippen LogP contribution in [0.5, 0.6) is 5.75 Å². The Hall–Kier alpha value is -1.16. The number of ether oxygens (including phenoxy) is 1. The second-order valence-corrected chi connectivity index (χ2v) is 6.16. The van der Waals surface area contributed by atoms with Gasteiger partial charge in [0.25, 0.3) is 0 Å². The van der Waals surface area contributed by atoms with E-state index >= 15 is 0 Å². The van der Waals surface area contributed by atoms with E-state index in [4.69, 9.17) is 4.74 Å². The van der Waals surface area contributed by atoms with Gasteiger partial charge in [-0.2, -0.15) is 11.8 Å². The van der Waals surface area contributed by atoms with Crippen LogP contribution in [0.25, 0.3) is 0 Å². The molecule has 0 saturated carbocycles. The van der Waals surface area contributed by atoms with Gasteiger partial charge in [0.1, 0.15) is 5.75 Å². The molecule has 0 bridgehead atoms. The number of benzene rings is 1. The summed E-state index contributed by atoms with van der Waals surface area (Å²) < 4.78 is 5.59. The second-order valence-electron chi connectivity index (χ2n) is 5.09. The zero-order valence-corrected chi connectivity index (χ0v) is 12.3. The molecule has 3 nitrogen and oxygen atoms in total. The predicted octanol–water partition coefficient (Wildman–Crippen LogP) is 2.50. The Morgan fingerprint density at radius 3 is 2.58 bits per heavy atom. The van der Waals surface area contributed by atoms with E-state index in [0.717, 1.165) is 23.7 Å². The van der Waals surface area contributed by atoms with E-state index in [1.807, 2.05) is 37.7 Å². The Bertz CT molecular complexity index is 413. The van der Waals surface area contributed by atoms with E-state index in [1.54, 1.807) is 0 Å². The molecule has 0 atom stereocenters. The molecule has 0 unspecified atom stereocenters. The Labute approximate surface area is 119 Å². The van der Waals surface area contributed by atoms with E-state index in [0.29, 0.717) is 6.54 Å². The number of carbonyl (C=O) groups excluding carboxylic acids is 1. The molecule has 19 heavy (non-hydrogen) atoms. The smallest absolute Gasteiger partial charge is 0.224 e. The van der Waals surface area contributed by atoms with E-state index in [-0.39, 0.29) is 17.9 Å². The molecule has 1 aliphatic heterocycles. The average Bonchev–Trinajstić information content (AvgIpc) is 2.28. The van der Waals surface area contributed by atoms with E-state index in [2.05, 4.69) is 17.4 Å². The van der Waals surface area contributed by atoms with Gasteiger partial charge in [0.15, 0.2) is 0 Å².